The molecule has 150 valence electrons. The van der Waals surface area contributed by atoms with Crippen molar-refractivity contribution in [3.8, 4) is 16.9 Å². The minimum absolute atomic E-state index is 0.0433. The minimum atomic E-state index is -0.642. The maximum absolute atomic E-state index is 11.9. The predicted octanol–water partition coefficient (Wildman–Crippen LogP) is 4.80. The van der Waals surface area contributed by atoms with Gasteiger partial charge in [-0.25, -0.2) is 9.86 Å². The van der Waals surface area contributed by atoms with E-state index >= 15 is 0 Å². The van der Waals surface area contributed by atoms with E-state index in [4.69, 9.17) is 14.3 Å². The number of hydrogen-bond donors (Lipinski definition) is 1. The summed E-state index contributed by atoms with van der Waals surface area (Å²) in [6.45, 7) is 6.39. The quantitative estimate of drug-likeness (QED) is 0.769. The molecule has 0 saturated heterocycles. The normalized spacial score (nSPS) is 20.1. The topological polar surface area (TPSA) is 60.0 Å². The average Bonchev–Trinajstić information content (AvgIpc) is 2.66. The van der Waals surface area contributed by atoms with Crippen molar-refractivity contribution in [3.63, 3.8) is 0 Å². The molecule has 0 radical (unpaired) electrons. The van der Waals surface area contributed by atoms with E-state index in [9.17, 15) is 4.79 Å². The molecule has 0 spiro atoms. The van der Waals surface area contributed by atoms with E-state index < -0.39 is 5.79 Å². The Hall–Kier alpha value is -2.57. The number of urea groups is 1. The largest absolute Gasteiger partial charge is 0.462 e. The van der Waals surface area contributed by atoms with E-state index in [-0.39, 0.29) is 11.4 Å². The Morgan fingerprint density at radius 2 is 1.71 bits per heavy atom. The smallest absolute Gasteiger partial charge is 0.345 e. The second-order valence-electron chi connectivity index (χ2n) is 7.90. The molecule has 2 amide bonds. The van der Waals surface area contributed by atoms with Crippen molar-refractivity contribution in [2.24, 2.45) is 0 Å². The highest BCUT2D eigenvalue weighted by molar-refractivity contribution is 5.88. The third-order valence-electron chi connectivity index (χ3n) is 5.26. The van der Waals surface area contributed by atoms with Gasteiger partial charge in [0.2, 0.25) is 5.79 Å². The number of hydrogen-bond acceptors (Lipinski definition) is 4. The van der Waals surface area contributed by atoms with Gasteiger partial charge >= 0.3 is 6.03 Å². The number of fused-ring (bicyclic) bond motifs is 1. The predicted molar refractivity (Wildman–Crippen MR) is 109 cm³/mol. The zero-order valence-corrected chi connectivity index (χ0v) is 17.3. The number of benzene rings is 2. The summed E-state index contributed by atoms with van der Waals surface area (Å²) in [6, 6.07) is 13.6. The van der Waals surface area contributed by atoms with Crippen molar-refractivity contribution in [3.05, 3.63) is 48.0 Å². The fraction of sp³-hybridized carbons (Fsp3) is 0.409. The first-order valence-electron chi connectivity index (χ1n) is 9.25. The number of amides is 2. The van der Waals surface area contributed by atoms with Crippen LogP contribution in [0, 0.1) is 0 Å². The van der Waals surface area contributed by atoms with E-state index in [2.05, 4.69) is 37.4 Å². The fourth-order valence-electron chi connectivity index (χ4n) is 3.66. The summed E-state index contributed by atoms with van der Waals surface area (Å²) in [5.41, 5.74) is 3.91. The second-order valence-corrected chi connectivity index (χ2v) is 7.90. The van der Waals surface area contributed by atoms with Gasteiger partial charge in [0, 0.05) is 38.8 Å². The molecule has 0 fully saturated rings. The van der Waals surface area contributed by atoms with Crippen LogP contribution in [0.15, 0.2) is 42.5 Å². The van der Waals surface area contributed by atoms with Gasteiger partial charge in [0.1, 0.15) is 5.75 Å². The zero-order valence-electron chi connectivity index (χ0n) is 17.3. The number of carbonyl (C=O) groups is 1. The molecule has 1 aliphatic rings. The number of methoxy groups -OCH3 is 1. The van der Waals surface area contributed by atoms with Gasteiger partial charge in [-0.2, -0.15) is 0 Å². The molecule has 1 aliphatic heterocycles. The molecular formula is C22H28N2O4. The first-order chi connectivity index (χ1) is 13.2. The van der Waals surface area contributed by atoms with Crippen LogP contribution in [0.1, 0.15) is 32.8 Å². The second kappa shape index (κ2) is 7.45. The lowest BCUT2D eigenvalue weighted by atomic mass is 9.76. The lowest BCUT2D eigenvalue weighted by molar-refractivity contribution is -0.172. The van der Waals surface area contributed by atoms with Gasteiger partial charge < -0.3 is 14.8 Å². The molecule has 0 aromatic heterocycles. The van der Waals surface area contributed by atoms with Crippen molar-refractivity contribution in [1.82, 2.24) is 5.06 Å². The number of nitrogens with zero attached hydrogens (tertiary/aromatic N) is 1. The number of nitrogens with one attached hydrogen (secondary N) is 1. The van der Waals surface area contributed by atoms with E-state index in [1.54, 1.807) is 14.2 Å². The number of hydroxylamine groups is 2. The van der Waals surface area contributed by atoms with Crippen molar-refractivity contribution < 1.29 is 19.1 Å². The molecule has 0 bridgehead atoms. The Balaban J connectivity index is 1.86. The van der Waals surface area contributed by atoms with Gasteiger partial charge in [0.15, 0.2) is 0 Å². The van der Waals surface area contributed by atoms with Crippen LogP contribution in [0.5, 0.6) is 5.75 Å². The third kappa shape index (κ3) is 3.98. The summed E-state index contributed by atoms with van der Waals surface area (Å²) < 4.78 is 11.8. The molecular weight excluding hydrogens is 356 g/mol. The lowest BCUT2D eigenvalue weighted by Crippen LogP contribution is -2.45. The first kappa shape index (κ1) is 20.2. The Morgan fingerprint density at radius 3 is 2.32 bits per heavy atom. The molecule has 6 nitrogen and oxygen atoms in total. The van der Waals surface area contributed by atoms with Crippen molar-refractivity contribution in [2.75, 3.05) is 26.6 Å². The minimum Gasteiger partial charge on any atom is -0.462 e. The maximum atomic E-state index is 11.9. The van der Waals surface area contributed by atoms with Gasteiger partial charge in [-0.15, -0.1) is 0 Å². The van der Waals surface area contributed by atoms with Gasteiger partial charge in [-0.3, -0.25) is 4.84 Å². The van der Waals surface area contributed by atoms with Crippen LogP contribution < -0.4 is 10.1 Å². The molecule has 6 heteroatoms. The van der Waals surface area contributed by atoms with Crippen LogP contribution in [0.25, 0.3) is 11.1 Å². The highest BCUT2D eigenvalue weighted by Crippen LogP contribution is 2.46. The highest BCUT2D eigenvalue weighted by atomic mass is 16.7. The van der Waals surface area contributed by atoms with Gasteiger partial charge in [-0.1, -0.05) is 38.1 Å². The molecule has 0 saturated carbocycles. The van der Waals surface area contributed by atoms with Crippen LogP contribution in [0.4, 0.5) is 10.5 Å². The summed E-state index contributed by atoms with van der Waals surface area (Å²) in [5, 5.41) is 3.90. The first-order valence-corrected chi connectivity index (χ1v) is 9.25. The standard InChI is InChI=1S/C22H28N2O4/c1-21(2)14-22(3,26-5)28-19-13-16(9-12-18(19)21)15-7-10-17(11-8-15)23-20(25)24(4)27-6/h7-13H,14H2,1-6H3,(H,23,25). The van der Waals surface area contributed by atoms with Crippen LogP contribution >= 0.6 is 0 Å². The van der Waals surface area contributed by atoms with Gasteiger partial charge in [0.25, 0.3) is 0 Å². The molecule has 2 aromatic carbocycles. The Kier molecular flexibility index (Phi) is 5.37. The molecule has 1 heterocycles. The Morgan fingerprint density at radius 1 is 1.07 bits per heavy atom. The highest BCUT2D eigenvalue weighted by Gasteiger charge is 2.42. The van der Waals surface area contributed by atoms with Crippen LogP contribution in [0.2, 0.25) is 0 Å². The summed E-state index contributed by atoms with van der Waals surface area (Å²) >= 11 is 0. The number of rotatable bonds is 4. The number of anilines is 1. The maximum Gasteiger partial charge on any atom is 0.345 e. The SMILES string of the molecule is CON(C)C(=O)Nc1ccc(-c2ccc3c(c2)OC(C)(OC)CC3(C)C)cc1. The summed E-state index contributed by atoms with van der Waals surface area (Å²) in [4.78, 5) is 16.7. The van der Waals surface area contributed by atoms with Gasteiger partial charge in [0.05, 0.1) is 7.11 Å². The summed E-state index contributed by atoms with van der Waals surface area (Å²) in [6.07, 6.45) is 0.785. The van der Waals surface area contributed by atoms with Crippen LogP contribution in [-0.2, 0) is 15.0 Å². The van der Waals surface area contributed by atoms with Crippen molar-refractivity contribution in [1.29, 1.82) is 0 Å². The monoisotopic (exact) mass is 384 g/mol. The van der Waals surface area contributed by atoms with Gasteiger partial charge in [-0.05, 0) is 34.7 Å². The molecule has 0 aliphatic carbocycles. The zero-order chi connectivity index (χ0) is 20.5. The van der Waals surface area contributed by atoms with E-state index in [0.29, 0.717) is 5.69 Å². The van der Waals surface area contributed by atoms with Crippen LogP contribution in [0.3, 0.4) is 0 Å². The molecule has 1 N–H and O–H groups in total. The van der Waals surface area contributed by atoms with E-state index in [1.807, 2.05) is 31.2 Å². The van der Waals surface area contributed by atoms with Crippen molar-refractivity contribution >= 4 is 11.7 Å². The molecule has 1 atom stereocenters. The summed E-state index contributed by atoms with van der Waals surface area (Å²) in [5.74, 6) is 0.202. The average molecular weight is 384 g/mol. The number of carbonyl (C=O) groups excluding carboxylic acids is 1. The molecule has 28 heavy (non-hydrogen) atoms. The molecule has 3 rings (SSSR count). The Labute approximate surface area is 166 Å². The van der Waals surface area contributed by atoms with Crippen molar-refractivity contribution in [2.45, 2.75) is 38.4 Å². The fourth-order valence-corrected chi connectivity index (χ4v) is 3.66. The van der Waals surface area contributed by atoms with E-state index in [1.165, 1.54) is 12.7 Å². The van der Waals surface area contributed by atoms with E-state index in [0.717, 1.165) is 28.4 Å². The third-order valence-corrected chi connectivity index (χ3v) is 5.26. The molecule has 1 unspecified atom stereocenters. The number of ether oxygens (including phenoxy) is 2. The summed E-state index contributed by atoms with van der Waals surface area (Å²) in [7, 11) is 4.67. The lowest BCUT2D eigenvalue weighted by Gasteiger charge is -2.43. The molecule has 2 aromatic rings. The van der Waals surface area contributed by atoms with Crippen LogP contribution in [-0.4, -0.2) is 38.1 Å². The Bertz CT molecular complexity index is 863.